The molecular weight excluding hydrogens is 384 g/mol. The Morgan fingerprint density at radius 1 is 0.967 bits per heavy atom. The Morgan fingerprint density at radius 2 is 1.60 bits per heavy atom. The van der Waals surface area contributed by atoms with Gasteiger partial charge in [0.15, 0.2) is 6.10 Å². The van der Waals surface area contributed by atoms with Crippen molar-refractivity contribution >= 4 is 29.3 Å². The Hall–Kier alpha value is -3.48. The molecule has 156 valence electrons. The van der Waals surface area contributed by atoms with Gasteiger partial charge >= 0.3 is 5.97 Å². The lowest BCUT2D eigenvalue weighted by Crippen LogP contribution is -2.50. The Labute approximate surface area is 175 Å². The SMILES string of the molecule is Cc1cc(C)c(C(=O)C(C)OC(=O)c2ccc(N3NC(=O)CCC3=O)cc2)cc1C. The van der Waals surface area contributed by atoms with Gasteiger partial charge in [-0.3, -0.25) is 19.8 Å². The van der Waals surface area contributed by atoms with Gasteiger partial charge < -0.3 is 4.74 Å². The molecule has 1 heterocycles. The van der Waals surface area contributed by atoms with E-state index in [9.17, 15) is 19.2 Å². The lowest BCUT2D eigenvalue weighted by Gasteiger charge is -2.27. The van der Waals surface area contributed by atoms with Crippen LogP contribution in [-0.4, -0.2) is 29.7 Å². The molecule has 3 rings (SSSR count). The van der Waals surface area contributed by atoms with Crippen molar-refractivity contribution in [3.8, 4) is 0 Å². The highest BCUT2D eigenvalue weighted by atomic mass is 16.5. The monoisotopic (exact) mass is 408 g/mol. The Kier molecular flexibility index (Phi) is 6.01. The molecule has 1 saturated heterocycles. The van der Waals surface area contributed by atoms with Crippen molar-refractivity contribution < 1.29 is 23.9 Å². The van der Waals surface area contributed by atoms with Crippen molar-refractivity contribution in [1.29, 1.82) is 0 Å². The molecule has 0 spiro atoms. The van der Waals surface area contributed by atoms with Gasteiger partial charge in [0.05, 0.1) is 11.3 Å². The first kappa shape index (κ1) is 21.2. The fourth-order valence-electron chi connectivity index (χ4n) is 3.26. The van der Waals surface area contributed by atoms with Crippen molar-refractivity contribution in [2.24, 2.45) is 0 Å². The fraction of sp³-hybridized carbons (Fsp3) is 0.304. The molecule has 0 radical (unpaired) electrons. The number of nitrogens with zero attached hydrogens (tertiary/aromatic N) is 1. The van der Waals surface area contributed by atoms with Crippen LogP contribution in [0.1, 0.15) is 57.2 Å². The summed E-state index contributed by atoms with van der Waals surface area (Å²) in [6.07, 6.45) is -0.653. The molecule has 0 bridgehead atoms. The van der Waals surface area contributed by atoms with E-state index in [1.807, 2.05) is 32.9 Å². The minimum Gasteiger partial charge on any atom is -0.451 e. The second-order valence-electron chi connectivity index (χ2n) is 7.47. The van der Waals surface area contributed by atoms with Gasteiger partial charge in [-0.1, -0.05) is 6.07 Å². The average molecular weight is 408 g/mol. The third-order valence-electron chi connectivity index (χ3n) is 5.17. The molecule has 0 aromatic heterocycles. The summed E-state index contributed by atoms with van der Waals surface area (Å²) < 4.78 is 5.36. The molecule has 2 aromatic carbocycles. The third kappa shape index (κ3) is 4.40. The number of anilines is 1. The van der Waals surface area contributed by atoms with Crippen molar-refractivity contribution in [2.45, 2.75) is 46.6 Å². The number of ether oxygens (including phenoxy) is 1. The van der Waals surface area contributed by atoms with Crippen LogP contribution in [-0.2, 0) is 14.3 Å². The van der Waals surface area contributed by atoms with Gasteiger partial charge in [0.25, 0.3) is 0 Å². The van der Waals surface area contributed by atoms with Crippen LogP contribution in [0.4, 0.5) is 5.69 Å². The molecule has 1 atom stereocenters. The molecular formula is C23H24N2O5. The van der Waals surface area contributed by atoms with Crippen LogP contribution in [0.2, 0.25) is 0 Å². The van der Waals surface area contributed by atoms with E-state index in [-0.39, 0.29) is 36.0 Å². The number of hydrazine groups is 1. The number of Topliss-reactive ketones (excluding diaryl/α,β-unsaturated/α-hetero) is 1. The predicted octanol–water partition coefficient (Wildman–Crippen LogP) is 3.20. The van der Waals surface area contributed by atoms with E-state index in [0.717, 1.165) is 21.7 Å². The maximum absolute atomic E-state index is 12.8. The second-order valence-corrected chi connectivity index (χ2v) is 7.47. The summed E-state index contributed by atoms with van der Waals surface area (Å²) in [5.74, 6) is -1.37. The third-order valence-corrected chi connectivity index (χ3v) is 5.17. The van der Waals surface area contributed by atoms with Crippen LogP contribution in [0.25, 0.3) is 0 Å². The van der Waals surface area contributed by atoms with Gasteiger partial charge in [0, 0.05) is 18.4 Å². The predicted molar refractivity (Wildman–Crippen MR) is 111 cm³/mol. The van der Waals surface area contributed by atoms with Gasteiger partial charge in [0.2, 0.25) is 17.6 Å². The molecule has 1 unspecified atom stereocenters. The number of carbonyl (C=O) groups excluding carboxylic acids is 4. The van der Waals surface area contributed by atoms with Crippen LogP contribution < -0.4 is 10.4 Å². The van der Waals surface area contributed by atoms with E-state index in [4.69, 9.17) is 4.74 Å². The molecule has 1 aliphatic rings. The summed E-state index contributed by atoms with van der Waals surface area (Å²) >= 11 is 0. The van der Waals surface area contributed by atoms with Crippen LogP contribution in [0.5, 0.6) is 0 Å². The highest BCUT2D eigenvalue weighted by molar-refractivity contribution is 6.03. The summed E-state index contributed by atoms with van der Waals surface area (Å²) in [5.41, 5.74) is 6.64. The number of amides is 2. The Morgan fingerprint density at radius 3 is 2.27 bits per heavy atom. The van der Waals surface area contributed by atoms with Crippen LogP contribution in [0.3, 0.4) is 0 Å². The van der Waals surface area contributed by atoms with Gasteiger partial charge in [-0.15, -0.1) is 0 Å². The molecule has 7 heteroatoms. The maximum atomic E-state index is 12.8. The lowest BCUT2D eigenvalue weighted by molar-refractivity contribution is -0.130. The molecule has 2 aromatic rings. The largest absolute Gasteiger partial charge is 0.451 e. The first-order valence-electron chi connectivity index (χ1n) is 9.73. The second kappa shape index (κ2) is 8.49. The zero-order valence-electron chi connectivity index (χ0n) is 17.4. The number of benzene rings is 2. The smallest absolute Gasteiger partial charge is 0.338 e. The zero-order chi connectivity index (χ0) is 22.0. The van der Waals surface area contributed by atoms with Crippen molar-refractivity contribution in [1.82, 2.24) is 5.43 Å². The van der Waals surface area contributed by atoms with Crippen LogP contribution >= 0.6 is 0 Å². The Bertz CT molecular complexity index is 1030. The minimum absolute atomic E-state index is 0.132. The van der Waals surface area contributed by atoms with Crippen molar-refractivity contribution in [2.75, 3.05) is 5.01 Å². The standard InChI is InChI=1S/C23H24N2O5/c1-13-11-15(3)19(12-14(13)2)22(28)16(4)30-23(29)17-5-7-18(8-6-17)25-21(27)10-9-20(26)24-25/h5-8,11-12,16H,9-10H2,1-4H3,(H,24,26). The molecule has 0 saturated carbocycles. The van der Waals surface area contributed by atoms with Crippen LogP contribution in [0, 0.1) is 20.8 Å². The summed E-state index contributed by atoms with van der Waals surface area (Å²) in [4.78, 5) is 48.7. The number of hydrogen-bond donors (Lipinski definition) is 1. The van der Waals surface area contributed by atoms with Gasteiger partial charge in [0.1, 0.15) is 0 Å². The van der Waals surface area contributed by atoms with E-state index in [0.29, 0.717) is 11.3 Å². The molecule has 1 aliphatic heterocycles. The van der Waals surface area contributed by atoms with Gasteiger partial charge in [-0.2, -0.15) is 0 Å². The van der Waals surface area contributed by atoms with Gasteiger partial charge in [-0.05, 0) is 74.7 Å². The number of esters is 1. The number of hydrogen-bond acceptors (Lipinski definition) is 5. The highest BCUT2D eigenvalue weighted by Gasteiger charge is 2.25. The molecule has 1 fully saturated rings. The molecule has 2 amide bonds. The molecule has 0 aliphatic carbocycles. The summed E-state index contributed by atoms with van der Waals surface area (Å²) in [6.45, 7) is 7.31. The molecule has 1 N–H and O–H groups in total. The Balaban J connectivity index is 1.70. The summed E-state index contributed by atoms with van der Waals surface area (Å²) in [7, 11) is 0. The van der Waals surface area contributed by atoms with E-state index >= 15 is 0 Å². The number of ketones is 1. The van der Waals surface area contributed by atoms with E-state index in [2.05, 4.69) is 5.43 Å². The van der Waals surface area contributed by atoms with E-state index in [1.54, 1.807) is 19.1 Å². The number of rotatable bonds is 5. The molecule has 7 nitrogen and oxygen atoms in total. The number of carbonyl (C=O) groups is 4. The van der Waals surface area contributed by atoms with Gasteiger partial charge in [-0.25, -0.2) is 9.80 Å². The van der Waals surface area contributed by atoms with E-state index < -0.39 is 12.1 Å². The quantitative estimate of drug-likeness (QED) is 0.606. The first-order chi connectivity index (χ1) is 14.2. The highest BCUT2D eigenvalue weighted by Crippen LogP contribution is 2.20. The number of aryl methyl sites for hydroxylation is 3. The first-order valence-corrected chi connectivity index (χ1v) is 9.73. The minimum atomic E-state index is -0.944. The van der Waals surface area contributed by atoms with Crippen LogP contribution in [0.15, 0.2) is 36.4 Å². The molecule has 30 heavy (non-hydrogen) atoms. The number of nitrogens with one attached hydrogen (secondary N) is 1. The topological polar surface area (TPSA) is 92.8 Å². The maximum Gasteiger partial charge on any atom is 0.338 e. The van der Waals surface area contributed by atoms with Crippen molar-refractivity contribution in [3.63, 3.8) is 0 Å². The normalized spacial score (nSPS) is 14.9. The summed E-state index contributed by atoms with van der Waals surface area (Å²) in [6, 6.07) is 9.82. The average Bonchev–Trinajstić information content (AvgIpc) is 2.72. The zero-order valence-corrected chi connectivity index (χ0v) is 17.4. The summed E-state index contributed by atoms with van der Waals surface area (Å²) in [5, 5.41) is 1.16. The van der Waals surface area contributed by atoms with Crippen molar-refractivity contribution in [3.05, 3.63) is 64.2 Å². The lowest BCUT2D eigenvalue weighted by atomic mass is 9.96. The van der Waals surface area contributed by atoms with E-state index in [1.165, 1.54) is 12.1 Å². The fourth-order valence-corrected chi connectivity index (χ4v) is 3.26.